The lowest BCUT2D eigenvalue weighted by atomic mass is 10.0. The maximum absolute atomic E-state index is 4.00. The molecule has 25 heavy (non-hydrogen) atoms. The third-order valence-electron chi connectivity index (χ3n) is 3.31. The molecule has 0 bridgehead atoms. The molecule has 0 N–H and O–H groups in total. The Kier molecular flexibility index (Phi) is 61.8. The third kappa shape index (κ3) is 59.8. The fourth-order valence-corrected chi connectivity index (χ4v) is 2.37. The van der Waals surface area contributed by atoms with Crippen LogP contribution in [0.2, 0.25) is 0 Å². The Hall–Kier alpha value is -0.700. The second-order valence-corrected chi connectivity index (χ2v) is 6.59. The molecule has 0 unspecified atom stereocenters. The summed E-state index contributed by atoms with van der Waals surface area (Å²) in [5.74, 6) is 2.01. The summed E-state index contributed by atoms with van der Waals surface area (Å²) in [6.07, 6.45) is 24.1. The molecule has 0 amide bonds. The van der Waals surface area contributed by atoms with E-state index in [1.165, 1.54) is 64.2 Å². The van der Waals surface area contributed by atoms with Gasteiger partial charge >= 0.3 is 0 Å². The maximum atomic E-state index is 4.00. The van der Waals surface area contributed by atoms with Gasteiger partial charge in [-0.3, -0.25) is 0 Å². The van der Waals surface area contributed by atoms with Crippen molar-refractivity contribution in [3.05, 3.63) is 12.7 Å². The van der Waals surface area contributed by atoms with E-state index in [-0.39, 0.29) is 0 Å². The Balaban J connectivity index is -0.0000000730. The van der Waals surface area contributed by atoms with Gasteiger partial charge in [0.25, 0.3) is 0 Å². The molecule has 154 valence electrons. The van der Waals surface area contributed by atoms with E-state index in [2.05, 4.69) is 61.0 Å². The van der Waals surface area contributed by atoms with Crippen molar-refractivity contribution < 1.29 is 0 Å². The van der Waals surface area contributed by atoms with Gasteiger partial charge in [-0.15, -0.1) is 19.4 Å². The normalized spacial score (nSPS) is 11.5. The van der Waals surface area contributed by atoms with Crippen LogP contribution in [0.1, 0.15) is 127 Å². The Morgan fingerprint density at radius 1 is 0.960 bits per heavy atom. The summed E-state index contributed by atoms with van der Waals surface area (Å²) < 4.78 is 0. The van der Waals surface area contributed by atoms with Gasteiger partial charge in [-0.1, -0.05) is 126 Å². The summed E-state index contributed by atoms with van der Waals surface area (Å²) in [5.41, 5.74) is 0. The molecule has 1 rings (SSSR count). The molecule has 0 atom stereocenters. The second kappa shape index (κ2) is 43.6. The molecule has 0 heterocycles. The average Bonchev–Trinajstić information content (AvgIpc) is 3.12. The number of hydrogen-bond acceptors (Lipinski definition) is 0. The predicted octanol–water partition coefficient (Wildman–Crippen LogP) is 9.69. The zero-order chi connectivity index (χ0) is 20.9. The van der Waals surface area contributed by atoms with Crippen molar-refractivity contribution in [2.24, 2.45) is 11.8 Å². The van der Waals surface area contributed by atoms with Gasteiger partial charge < -0.3 is 0 Å². The molecule has 0 aromatic rings. The van der Waals surface area contributed by atoms with Crippen LogP contribution in [0.3, 0.4) is 0 Å². The smallest absolute Gasteiger partial charge is 0.0414 e. The van der Waals surface area contributed by atoms with E-state index in [4.69, 9.17) is 0 Å². The Bertz CT molecular complexity index is 181. The molecule has 0 aromatic heterocycles. The van der Waals surface area contributed by atoms with Crippen LogP contribution in [0, 0.1) is 24.7 Å². The van der Waals surface area contributed by atoms with Crippen molar-refractivity contribution in [2.45, 2.75) is 127 Å². The zero-order valence-corrected chi connectivity index (χ0v) is 19.7. The molecule has 0 aliphatic heterocycles. The summed E-state index contributed by atoms with van der Waals surface area (Å²) >= 11 is 0. The highest BCUT2D eigenvalue weighted by Crippen LogP contribution is 2.28. The number of terminal acetylenes is 1. The number of hydrogen-bond donors (Lipinski definition) is 0. The van der Waals surface area contributed by atoms with Crippen molar-refractivity contribution in [1.82, 2.24) is 0 Å². The largest absolute Gasteiger partial charge is 0.124 e. The average molecular weight is 355 g/mol. The Morgan fingerprint density at radius 3 is 1.52 bits per heavy atom. The summed E-state index contributed by atoms with van der Waals surface area (Å²) in [4.78, 5) is 0. The van der Waals surface area contributed by atoms with Crippen molar-refractivity contribution in [2.75, 3.05) is 0 Å². The topological polar surface area (TPSA) is 0 Å². The molecule has 1 fully saturated rings. The van der Waals surface area contributed by atoms with Crippen LogP contribution in [0.25, 0.3) is 0 Å². The van der Waals surface area contributed by atoms with E-state index >= 15 is 0 Å². The number of unbranched alkanes of at least 4 members (excludes halogenated alkanes) is 1. The molecular formula is C25H54. The number of rotatable bonds is 5. The van der Waals surface area contributed by atoms with Gasteiger partial charge in [0.15, 0.2) is 0 Å². The molecule has 0 aromatic carbocycles. The van der Waals surface area contributed by atoms with Gasteiger partial charge in [0.2, 0.25) is 0 Å². The summed E-state index contributed by atoms with van der Waals surface area (Å²) in [6.45, 7) is 22.5. The molecule has 0 spiro atoms. The lowest BCUT2D eigenvalue weighted by molar-refractivity contribution is 0.480. The Morgan fingerprint density at radius 2 is 1.32 bits per heavy atom. The van der Waals surface area contributed by atoms with Crippen LogP contribution in [0.4, 0.5) is 0 Å². The van der Waals surface area contributed by atoms with Crippen LogP contribution in [0.5, 0.6) is 0 Å². The SMILES string of the molecule is C#C.C=CC.CC.CCC.CCCC(C)C.CCCCC1CCCC1. The lowest BCUT2D eigenvalue weighted by Crippen LogP contribution is -1.91. The fourth-order valence-electron chi connectivity index (χ4n) is 2.37. The molecule has 1 saturated carbocycles. The van der Waals surface area contributed by atoms with E-state index in [0.717, 1.165) is 11.8 Å². The van der Waals surface area contributed by atoms with Crippen LogP contribution < -0.4 is 0 Å². The molecule has 1 aliphatic rings. The first-order valence-corrected chi connectivity index (χ1v) is 10.9. The van der Waals surface area contributed by atoms with Crippen LogP contribution in [0.15, 0.2) is 12.7 Å². The van der Waals surface area contributed by atoms with E-state index in [0.29, 0.717) is 0 Å². The van der Waals surface area contributed by atoms with Crippen LogP contribution in [-0.4, -0.2) is 0 Å². The molecule has 0 radical (unpaired) electrons. The van der Waals surface area contributed by atoms with E-state index in [1.54, 1.807) is 6.08 Å². The van der Waals surface area contributed by atoms with Crippen LogP contribution in [-0.2, 0) is 0 Å². The first-order valence-electron chi connectivity index (χ1n) is 10.9. The highest BCUT2D eigenvalue weighted by Gasteiger charge is 2.13. The molecule has 0 nitrogen and oxygen atoms in total. The van der Waals surface area contributed by atoms with E-state index in [9.17, 15) is 0 Å². The molecule has 0 saturated heterocycles. The first-order chi connectivity index (χ1) is 12.0. The van der Waals surface area contributed by atoms with Crippen molar-refractivity contribution in [3.8, 4) is 12.8 Å². The maximum Gasteiger partial charge on any atom is -0.0414 e. The zero-order valence-electron chi connectivity index (χ0n) is 19.7. The highest BCUT2D eigenvalue weighted by molar-refractivity contribution is 4.66. The van der Waals surface area contributed by atoms with E-state index in [1.807, 2.05) is 20.8 Å². The summed E-state index contributed by atoms with van der Waals surface area (Å²) in [7, 11) is 0. The van der Waals surface area contributed by atoms with Gasteiger partial charge in [0, 0.05) is 0 Å². The summed E-state index contributed by atoms with van der Waals surface area (Å²) in [6, 6.07) is 0. The van der Waals surface area contributed by atoms with Gasteiger partial charge in [0.1, 0.15) is 0 Å². The quantitative estimate of drug-likeness (QED) is 0.340. The number of allylic oxidation sites excluding steroid dienone is 1. The third-order valence-corrected chi connectivity index (χ3v) is 3.31. The van der Waals surface area contributed by atoms with Gasteiger partial charge in [0.05, 0.1) is 0 Å². The van der Waals surface area contributed by atoms with Gasteiger partial charge in [-0.2, -0.15) is 0 Å². The minimum Gasteiger partial charge on any atom is -0.124 e. The fraction of sp³-hybridized carbons (Fsp3) is 0.840. The highest BCUT2D eigenvalue weighted by atomic mass is 14.2. The second-order valence-electron chi connectivity index (χ2n) is 6.59. The van der Waals surface area contributed by atoms with Crippen molar-refractivity contribution in [3.63, 3.8) is 0 Å². The van der Waals surface area contributed by atoms with Gasteiger partial charge in [-0.05, 0) is 18.8 Å². The monoisotopic (exact) mass is 354 g/mol. The molecule has 1 aliphatic carbocycles. The predicted molar refractivity (Wildman–Crippen MR) is 124 cm³/mol. The minimum absolute atomic E-state index is 0.898. The van der Waals surface area contributed by atoms with Crippen molar-refractivity contribution >= 4 is 0 Å². The molecular weight excluding hydrogens is 300 g/mol. The Labute approximate surface area is 164 Å². The van der Waals surface area contributed by atoms with Crippen LogP contribution >= 0.6 is 0 Å². The summed E-state index contributed by atoms with van der Waals surface area (Å²) in [5, 5.41) is 0. The van der Waals surface area contributed by atoms with Crippen molar-refractivity contribution in [1.29, 1.82) is 0 Å². The first kappa shape index (κ1) is 35.4. The van der Waals surface area contributed by atoms with E-state index < -0.39 is 0 Å². The minimum atomic E-state index is 0.898. The van der Waals surface area contributed by atoms with Gasteiger partial charge in [-0.25, -0.2) is 0 Å². The standard InChI is InChI=1S/C9H18.C6H14.C3H8.C3H6.C2H6.C2H2/c1-2-3-6-9-7-4-5-8-9;1-4-5-6(2)3;2*1-3-2;2*1-2/h9H,2-8H2,1H3;6H,4-5H2,1-3H3;3H2,1-2H3;3H,1H2,2H3;1-2H3;1-2H. The lowest BCUT2D eigenvalue weighted by Gasteiger charge is -2.05. The molecule has 0 heteroatoms.